The number of nitrogens with zero attached hydrogens (tertiary/aromatic N) is 4. The van der Waals surface area contributed by atoms with Gasteiger partial charge in [-0.05, 0) is 106 Å². The van der Waals surface area contributed by atoms with Gasteiger partial charge in [0.2, 0.25) is 0 Å². The van der Waals surface area contributed by atoms with Crippen molar-refractivity contribution in [3.05, 3.63) is 194 Å². The highest BCUT2D eigenvalue weighted by atomic mass is 32.1. The van der Waals surface area contributed by atoms with Gasteiger partial charge in [-0.1, -0.05) is 109 Å². The van der Waals surface area contributed by atoms with E-state index in [0.29, 0.717) is 17.5 Å². The summed E-state index contributed by atoms with van der Waals surface area (Å²) < 4.78 is 9.96. The second-order valence-electron chi connectivity index (χ2n) is 17.1. The molecule has 15 rings (SSSR count). The van der Waals surface area contributed by atoms with Crippen LogP contribution in [-0.4, -0.2) is 19.5 Å². The molecular formula is C59H32N4S3. The maximum absolute atomic E-state index is 5.55. The van der Waals surface area contributed by atoms with Crippen LogP contribution in [-0.2, 0) is 0 Å². The van der Waals surface area contributed by atoms with Gasteiger partial charge in [0.05, 0.1) is 16.7 Å². The summed E-state index contributed by atoms with van der Waals surface area (Å²) >= 11 is 5.48. The Morgan fingerprint density at radius 1 is 0.303 bits per heavy atom. The lowest BCUT2D eigenvalue weighted by Crippen LogP contribution is -2.04. The first-order valence-corrected chi connectivity index (χ1v) is 24.5. The first-order chi connectivity index (χ1) is 32.7. The fraction of sp³-hybridized carbons (Fsp3) is 0. The van der Waals surface area contributed by atoms with Crippen LogP contribution in [0.25, 0.3) is 144 Å². The summed E-state index contributed by atoms with van der Waals surface area (Å²) in [4.78, 5) is 16.5. The summed E-state index contributed by atoms with van der Waals surface area (Å²) in [7, 11) is 0. The minimum Gasteiger partial charge on any atom is -0.308 e. The zero-order chi connectivity index (χ0) is 43.0. The zero-order valence-corrected chi connectivity index (χ0v) is 37.4. The van der Waals surface area contributed by atoms with E-state index in [2.05, 4.69) is 199 Å². The molecule has 0 fully saturated rings. The van der Waals surface area contributed by atoms with Crippen LogP contribution in [0.4, 0.5) is 0 Å². The molecule has 0 saturated heterocycles. The van der Waals surface area contributed by atoms with Crippen LogP contribution in [0.1, 0.15) is 0 Å². The number of hydrogen-bond acceptors (Lipinski definition) is 6. The van der Waals surface area contributed by atoms with Gasteiger partial charge in [-0.2, -0.15) is 0 Å². The third kappa shape index (κ3) is 5.39. The maximum Gasteiger partial charge on any atom is 0.166 e. The molecule has 0 saturated carbocycles. The largest absolute Gasteiger partial charge is 0.308 e. The molecule has 0 aliphatic heterocycles. The average Bonchev–Trinajstić information content (AvgIpc) is 4.13. The molecule has 306 valence electrons. The number of thiophene rings is 3. The molecule has 15 aromatic rings. The molecule has 10 aromatic carbocycles. The standard InChI is InChI=1S/C59H32N4S3/c1-2-13-35-30-48-45(27-34(35)12-1)56-38-14-4-3-11-33(38)21-24-47(56)63(48)49-32-55-44(41-17-7-10-20-52(41)66-55)31-46(49)59-61-57(36-22-25-53-42(28-36)39-15-5-8-18-50(39)64-53)60-58(62-59)37-23-26-54-43(29-37)40-16-6-9-19-51(40)65-54/h1-32H. The highest BCUT2D eigenvalue weighted by molar-refractivity contribution is 7.26. The summed E-state index contributed by atoms with van der Waals surface area (Å²) in [5.41, 5.74) is 6.16. The Bertz CT molecular complexity index is 4420. The Morgan fingerprint density at radius 3 is 1.41 bits per heavy atom. The summed E-state index contributed by atoms with van der Waals surface area (Å²) in [6.45, 7) is 0. The van der Waals surface area contributed by atoms with Crippen molar-refractivity contribution < 1.29 is 0 Å². The second kappa shape index (κ2) is 13.8. The lowest BCUT2D eigenvalue weighted by molar-refractivity contribution is 1.07. The lowest BCUT2D eigenvalue weighted by Gasteiger charge is -2.16. The quantitative estimate of drug-likeness (QED) is 0.177. The molecule has 0 bridgehead atoms. The Balaban J connectivity index is 1.07. The molecule has 4 nitrogen and oxygen atoms in total. The van der Waals surface area contributed by atoms with Crippen molar-refractivity contribution >= 4 is 138 Å². The molecule has 5 heterocycles. The van der Waals surface area contributed by atoms with Crippen LogP contribution < -0.4 is 0 Å². The van der Waals surface area contributed by atoms with E-state index in [9.17, 15) is 0 Å². The Kier molecular flexibility index (Phi) is 7.66. The molecule has 0 unspecified atom stereocenters. The molecule has 66 heavy (non-hydrogen) atoms. The van der Waals surface area contributed by atoms with Gasteiger partial charge in [0, 0.05) is 88.0 Å². The normalized spacial score (nSPS) is 12.2. The van der Waals surface area contributed by atoms with Crippen molar-refractivity contribution in [1.29, 1.82) is 0 Å². The molecule has 0 amide bonds. The number of rotatable bonds is 4. The van der Waals surface area contributed by atoms with Crippen LogP contribution >= 0.6 is 34.0 Å². The zero-order valence-electron chi connectivity index (χ0n) is 35.0. The summed E-state index contributed by atoms with van der Waals surface area (Å²) in [5, 5.41) is 14.6. The number of aromatic nitrogens is 4. The van der Waals surface area contributed by atoms with Crippen molar-refractivity contribution in [1.82, 2.24) is 19.5 Å². The van der Waals surface area contributed by atoms with E-state index in [-0.39, 0.29) is 0 Å². The molecule has 0 N–H and O–H groups in total. The van der Waals surface area contributed by atoms with Gasteiger partial charge in [-0.3, -0.25) is 0 Å². The molecular weight excluding hydrogens is 861 g/mol. The number of fused-ring (bicyclic) bond motifs is 15. The van der Waals surface area contributed by atoms with E-state index in [1.165, 1.54) is 92.8 Å². The van der Waals surface area contributed by atoms with E-state index < -0.39 is 0 Å². The molecule has 0 aliphatic carbocycles. The van der Waals surface area contributed by atoms with E-state index in [4.69, 9.17) is 15.0 Å². The summed E-state index contributed by atoms with van der Waals surface area (Å²) in [5.74, 6) is 1.91. The lowest BCUT2D eigenvalue weighted by atomic mass is 10.0. The highest BCUT2D eigenvalue weighted by Gasteiger charge is 2.24. The highest BCUT2D eigenvalue weighted by Crippen LogP contribution is 2.45. The monoisotopic (exact) mass is 892 g/mol. The van der Waals surface area contributed by atoms with Crippen LogP contribution in [0.5, 0.6) is 0 Å². The van der Waals surface area contributed by atoms with Crippen LogP contribution in [0.2, 0.25) is 0 Å². The van der Waals surface area contributed by atoms with Gasteiger partial charge in [0.1, 0.15) is 0 Å². The van der Waals surface area contributed by atoms with E-state index >= 15 is 0 Å². The molecule has 0 spiro atoms. The fourth-order valence-corrected chi connectivity index (χ4v) is 13.6. The fourth-order valence-electron chi connectivity index (χ4n) is 10.3. The van der Waals surface area contributed by atoms with Crippen LogP contribution in [0, 0.1) is 0 Å². The van der Waals surface area contributed by atoms with Crippen molar-refractivity contribution in [2.24, 2.45) is 0 Å². The summed E-state index contributed by atoms with van der Waals surface area (Å²) in [6, 6.07) is 70.9. The van der Waals surface area contributed by atoms with Gasteiger partial charge >= 0.3 is 0 Å². The topological polar surface area (TPSA) is 43.6 Å². The first kappa shape index (κ1) is 36.5. The van der Waals surface area contributed by atoms with Crippen LogP contribution in [0.15, 0.2) is 194 Å². The van der Waals surface area contributed by atoms with Crippen LogP contribution in [0.3, 0.4) is 0 Å². The van der Waals surface area contributed by atoms with Gasteiger partial charge < -0.3 is 4.57 Å². The van der Waals surface area contributed by atoms with Gasteiger partial charge in [0.15, 0.2) is 17.5 Å². The maximum atomic E-state index is 5.55. The molecule has 0 radical (unpaired) electrons. The SMILES string of the molecule is c1ccc2cc3c(cc2c1)c1c2ccccc2ccc1n3-c1cc2sc3ccccc3c2cc1-c1nc(-c2ccc3sc4ccccc4c3c2)nc(-c2ccc3sc4ccccc4c3c2)n1. The Labute approximate surface area is 388 Å². The number of benzene rings is 10. The predicted octanol–water partition coefficient (Wildman–Crippen LogP) is 17.4. The summed E-state index contributed by atoms with van der Waals surface area (Å²) in [6.07, 6.45) is 0. The average molecular weight is 893 g/mol. The van der Waals surface area contributed by atoms with E-state index in [0.717, 1.165) is 33.4 Å². The second-order valence-corrected chi connectivity index (χ2v) is 20.4. The van der Waals surface area contributed by atoms with Gasteiger partial charge in [-0.15, -0.1) is 34.0 Å². The van der Waals surface area contributed by atoms with Gasteiger partial charge in [0.25, 0.3) is 0 Å². The Hall–Kier alpha value is -7.81. The first-order valence-electron chi connectivity index (χ1n) is 22.1. The Morgan fingerprint density at radius 2 is 0.788 bits per heavy atom. The van der Waals surface area contributed by atoms with Crippen molar-refractivity contribution in [3.8, 4) is 39.9 Å². The third-order valence-electron chi connectivity index (χ3n) is 13.4. The minimum atomic E-state index is 0.629. The molecule has 0 atom stereocenters. The van der Waals surface area contributed by atoms with Crippen molar-refractivity contribution in [2.45, 2.75) is 0 Å². The van der Waals surface area contributed by atoms with E-state index in [1.807, 2.05) is 34.0 Å². The van der Waals surface area contributed by atoms with E-state index in [1.54, 1.807) is 0 Å². The number of hydrogen-bond donors (Lipinski definition) is 0. The predicted molar refractivity (Wildman–Crippen MR) is 284 cm³/mol. The third-order valence-corrected chi connectivity index (χ3v) is 16.8. The smallest absolute Gasteiger partial charge is 0.166 e. The van der Waals surface area contributed by atoms with Crippen molar-refractivity contribution in [3.63, 3.8) is 0 Å². The molecule has 5 aromatic heterocycles. The minimum absolute atomic E-state index is 0.629. The van der Waals surface area contributed by atoms with Gasteiger partial charge in [-0.25, -0.2) is 15.0 Å². The molecule has 0 aliphatic rings. The molecule has 7 heteroatoms. The van der Waals surface area contributed by atoms with Crippen molar-refractivity contribution in [2.75, 3.05) is 0 Å².